The third kappa shape index (κ3) is 3.89. The van der Waals surface area contributed by atoms with Crippen LogP contribution in [0.1, 0.15) is 12.0 Å². The lowest BCUT2D eigenvalue weighted by Crippen LogP contribution is -2.35. The van der Waals surface area contributed by atoms with E-state index in [9.17, 15) is 13.2 Å². The van der Waals surface area contributed by atoms with E-state index < -0.39 is 16.1 Å². The Kier molecular flexibility index (Phi) is 5.43. The van der Waals surface area contributed by atoms with Crippen molar-refractivity contribution in [1.82, 2.24) is 4.72 Å². The number of anilines is 1. The first-order valence-corrected chi connectivity index (χ1v) is 7.51. The Bertz CT molecular complexity index is 611. The SMILES string of the molecule is C=CCC(N)C(=O)Nc1ccc(C)c(S(=O)(=O)NC)c1. The monoisotopic (exact) mass is 297 g/mol. The summed E-state index contributed by atoms with van der Waals surface area (Å²) in [7, 11) is -2.23. The van der Waals surface area contributed by atoms with Crippen LogP contribution in [-0.2, 0) is 14.8 Å². The first-order chi connectivity index (χ1) is 9.31. The molecule has 0 spiro atoms. The van der Waals surface area contributed by atoms with Crippen molar-refractivity contribution in [3.05, 3.63) is 36.4 Å². The van der Waals surface area contributed by atoms with E-state index in [1.807, 2.05) is 0 Å². The van der Waals surface area contributed by atoms with Gasteiger partial charge < -0.3 is 11.1 Å². The molecule has 7 heteroatoms. The Labute approximate surface area is 119 Å². The molecule has 20 heavy (non-hydrogen) atoms. The fourth-order valence-electron chi connectivity index (χ4n) is 1.60. The smallest absolute Gasteiger partial charge is 0.241 e. The molecule has 0 aliphatic carbocycles. The first-order valence-electron chi connectivity index (χ1n) is 6.03. The van der Waals surface area contributed by atoms with Crippen LogP contribution in [0.25, 0.3) is 0 Å². The molecular weight excluding hydrogens is 278 g/mol. The molecule has 0 aromatic heterocycles. The van der Waals surface area contributed by atoms with Crippen LogP contribution >= 0.6 is 0 Å². The Balaban J connectivity index is 3.02. The third-order valence-corrected chi connectivity index (χ3v) is 4.33. The number of nitrogens with two attached hydrogens (primary N) is 1. The second kappa shape index (κ2) is 6.65. The van der Waals surface area contributed by atoms with Crippen molar-refractivity contribution in [2.24, 2.45) is 5.73 Å². The normalized spacial score (nSPS) is 12.8. The summed E-state index contributed by atoms with van der Waals surface area (Å²) in [6.45, 7) is 5.19. The van der Waals surface area contributed by atoms with Gasteiger partial charge in [-0.3, -0.25) is 4.79 Å². The van der Waals surface area contributed by atoms with Crippen molar-refractivity contribution in [3.8, 4) is 0 Å². The number of hydrogen-bond donors (Lipinski definition) is 3. The summed E-state index contributed by atoms with van der Waals surface area (Å²) in [4.78, 5) is 11.9. The predicted molar refractivity (Wildman–Crippen MR) is 78.8 cm³/mol. The lowest BCUT2D eigenvalue weighted by molar-refractivity contribution is -0.117. The fraction of sp³-hybridized carbons (Fsp3) is 0.308. The van der Waals surface area contributed by atoms with Crippen LogP contribution in [0.3, 0.4) is 0 Å². The Morgan fingerprint density at radius 2 is 2.15 bits per heavy atom. The predicted octanol–water partition coefficient (Wildman–Crippen LogP) is 0.745. The van der Waals surface area contributed by atoms with E-state index in [0.717, 1.165) is 0 Å². The number of hydrogen-bond acceptors (Lipinski definition) is 4. The zero-order chi connectivity index (χ0) is 15.3. The van der Waals surface area contributed by atoms with Gasteiger partial charge in [0, 0.05) is 5.69 Å². The first kappa shape index (κ1) is 16.4. The average Bonchev–Trinajstić information content (AvgIpc) is 2.41. The summed E-state index contributed by atoms with van der Waals surface area (Å²) in [5, 5.41) is 2.59. The van der Waals surface area contributed by atoms with Crippen molar-refractivity contribution in [3.63, 3.8) is 0 Å². The van der Waals surface area contributed by atoms with Crippen LogP contribution in [0, 0.1) is 6.92 Å². The van der Waals surface area contributed by atoms with Crippen LogP contribution in [-0.4, -0.2) is 27.4 Å². The summed E-state index contributed by atoms with van der Waals surface area (Å²) in [6.07, 6.45) is 1.90. The van der Waals surface area contributed by atoms with Gasteiger partial charge in [0.25, 0.3) is 0 Å². The molecule has 0 bridgehead atoms. The van der Waals surface area contributed by atoms with E-state index in [2.05, 4.69) is 16.6 Å². The number of rotatable bonds is 6. The van der Waals surface area contributed by atoms with E-state index in [-0.39, 0.29) is 10.8 Å². The number of benzene rings is 1. The van der Waals surface area contributed by atoms with Gasteiger partial charge in [-0.15, -0.1) is 6.58 Å². The molecule has 4 N–H and O–H groups in total. The minimum Gasteiger partial charge on any atom is -0.325 e. The maximum Gasteiger partial charge on any atom is 0.241 e. The summed E-state index contributed by atoms with van der Waals surface area (Å²) >= 11 is 0. The van der Waals surface area contributed by atoms with Crippen molar-refractivity contribution in [2.45, 2.75) is 24.3 Å². The highest BCUT2D eigenvalue weighted by atomic mass is 32.2. The molecule has 0 heterocycles. The molecule has 110 valence electrons. The molecule has 1 atom stereocenters. The lowest BCUT2D eigenvalue weighted by Gasteiger charge is -2.12. The molecule has 1 amide bonds. The van der Waals surface area contributed by atoms with E-state index in [4.69, 9.17) is 5.73 Å². The summed E-state index contributed by atoms with van der Waals surface area (Å²) < 4.78 is 25.9. The van der Waals surface area contributed by atoms with Gasteiger partial charge in [0.05, 0.1) is 10.9 Å². The minimum absolute atomic E-state index is 0.120. The molecule has 1 aromatic rings. The second-order valence-corrected chi connectivity index (χ2v) is 6.16. The van der Waals surface area contributed by atoms with E-state index >= 15 is 0 Å². The van der Waals surface area contributed by atoms with Crippen molar-refractivity contribution < 1.29 is 13.2 Å². The maximum atomic E-state index is 11.8. The second-order valence-electron chi connectivity index (χ2n) is 4.31. The number of sulfonamides is 1. The molecule has 0 aliphatic heterocycles. The van der Waals surface area contributed by atoms with Crippen LogP contribution < -0.4 is 15.8 Å². The number of amides is 1. The zero-order valence-electron chi connectivity index (χ0n) is 11.5. The molecule has 0 saturated carbocycles. The largest absolute Gasteiger partial charge is 0.325 e. The van der Waals surface area contributed by atoms with Gasteiger partial charge in [0.15, 0.2) is 0 Å². The summed E-state index contributed by atoms with van der Waals surface area (Å²) in [5.41, 5.74) is 6.62. The maximum absolute atomic E-state index is 11.8. The highest BCUT2D eigenvalue weighted by Gasteiger charge is 2.17. The van der Waals surface area contributed by atoms with Gasteiger partial charge in [-0.1, -0.05) is 12.1 Å². The molecule has 1 aromatic carbocycles. The lowest BCUT2D eigenvalue weighted by atomic mass is 10.2. The van der Waals surface area contributed by atoms with Crippen LogP contribution in [0.15, 0.2) is 35.7 Å². The van der Waals surface area contributed by atoms with Crippen molar-refractivity contribution in [1.29, 1.82) is 0 Å². The highest BCUT2D eigenvalue weighted by molar-refractivity contribution is 7.89. The molecule has 1 unspecified atom stereocenters. The molecular formula is C13H19N3O3S. The third-order valence-electron chi connectivity index (χ3n) is 2.77. The highest BCUT2D eigenvalue weighted by Crippen LogP contribution is 2.20. The fourth-order valence-corrected chi connectivity index (χ4v) is 2.59. The number of carbonyl (C=O) groups is 1. The number of nitrogens with one attached hydrogen (secondary N) is 2. The Hall–Kier alpha value is -1.70. The molecule has 0 saturated heterocycles. The summed E-state index contributed by atoms with van der Waals surface area (Å²) in [5.74, 6) is -0.387. The van der Waals surface area contributed by atoms with Crippen LogP contribution in [0.2, 0.25) is 0 Å². The molecule has 1 rings (SSSR count). The molecule has 0 fully saturated rings. The van der Waals surface area contributed by atoms with Crippen molar-refractivity contribution in [2.75, 3.05) is 12.4 Å². The average molecular weight is 297 g/mol. The Morgan fingerprint density at radius 1 is 1.50 bits per heavy atom. The van der Waals surface area contributed by atoms with E-state index in [0.29, 0.717) is 17.7 Å². The Morgan fingerprint density at radius 3 is 2.70 bits per heavy atom. The van der Waals surface area contributed by atoms with E-state index in [1.54, 1.807) is 25.1 Å². The standard InChI is InChI=1S/C13H19N3O3S/c1-4-5-11(14)13(17)16-10-7-6-9(2)12(8-10)20(18,19)15-3/h4,6-8,11,15H,1,5,14H2,2-3H3,(H,16,17). The van der Waals surface area contributed by atoms with Gasteiger partial charge in [-0.2, -0.15) is 0 Å². The zero-order valence-corrected chi connectivity index (χ0v) is 12.3. The number of aryl methyl sites for hydroxylation is 1. The number of carbonyl (C=O) groups excluding carboxylic acids is 1. The molecule has 0 radical (unpaired) electrons. The van der Waals surface area contributed by atoms with Crippen molar-refractivity contribution >= 4 is 21.6 Å². The topological polar surface area (TPSA) is 101 Å². The quantitative estimate of drug-likeness (QED) is 0.674. The van der Waals surface area contributed by atoms with Crippen LogP contribution in [0.4, 0.5) is 5.69 Å². The van der Waals surface area contributed by atoms with Gasteiger partial charge in [0.1, 0.15) is 0 Å². The van der Waals surface area contributed by atoms with E-state index in [1.165, 1.54) is 13.1 Å². The van der Waals surface area contributed by atoms with Gasteiger partial charge >= 0.3 is 0 Å². The van der Waals surface area contributed by atoms with Gasteiger partial charge in [-0.25, -0.2) is 13.1 Å². The molecule has 0 aliphatic rings. The van der Waals surface area contributed by atoms with Gasteiger partial charge in [-0.05, 0) is 38.1 Å². The minimum atomic E-state index is -3.57. The van der Waals surface area contributed by atoms with Crippen LogP contribution in [0.5, 0.6) is 0 Å². The summed E-state index contributed by atoms with van der Waals surface area (Å²) in [6, 6.07) is 3.94. The molecule has 6 nitrogen and oxygen atoms in total. The van der Waals surface area contributed by atoms with Gasteiger partial charge in [0.2, 0.25) is 15.9 Å².